The summed E-state index contributed by atoms with van der Waals surface area (Å²) in [5, 5.41) is 18.9. The van der Waals surface area contributed by atoms with E-state index in [1.807, 2.05) is 12.1 Å². The Hall–Kier alpha value is -3.51. The molecule has 6 rings (SSSR count). The number of halogens is 1. The lowest BCUT2D eigenvalue weighted by Gasteiger charge is -2.30. The van der Waals surface area contributed by atoms with E-state index in [4.69, 9.17) is 0 Å². The number of thioether (sulfide) groups is 1. The van der Waals surface area contributed by atoms with Gasteiger partial charge in [-0.1, -0.05) is 0 Å². The highest BCUT2D eigenvalue weighted by Gasteiger charge is 2.29. The molecule has 4 N–H and O–H groups in total. The van der Waals surface area contributed by atoms with Gasteiger partial charge in [0.2, 0.25) is 11.3 Å². The summed E-state index contributed by atoms with van der Waals surface area (Å²) >= 11 is 1.50. The van der Waals surface area contributed by atoms with Crippen LogP contribution in [0.15, 0.2) is 34.1 Å². The minimum atomic E-state index is -1.32. The summed E-state index contributed by atoms with van der Waals surface area (Å²) in [6.07, 6.45) is 6.74. The van der Waals surface area contributed by atoms with Crippen molar-refractivity contribution >= 4 is 46.3 Å². The molecule has 2 fully saturated rings. The quantitative estimate of drug-likeness (QED) is 0.329. The Labute approximate surface area is 227 Å². The van der Waals surface area contributed by atoms with E-state index in [0.29, 0.717) is 29.7 Å². The molecule has 0 bridgehead atoms. The van der Waals surface area contributed by atoms with Gasteiger partial charge in [0.15, 0.2) is 11.6 Å². The minimum absolute atomic E-state index is 0.00539. The van der Waals surface area contributed by atoms with Crippen LogP contribution in [0.4, 0.5) is 16.0 Å². The molecular formula is C27H29FN6O4S. The number of aromatic carboxylic acids is 1. The predicted molar refractivity (Wildman–Crippen MR) is 146 cm³/mol. The van der Waals surface area contributed by atoms with Gasteiger partial charge in [-0.2, -0.15) is 0 Å². The number of carbonyl (C=O) groups excluding carboxylic acids is 1. The number of nitrogens with zero attached hydrogens (tertiary/aromatic N) is 3. The van der Waals surface area contributed by atoms with Crippen molar-refractivity contribution in [3.8, 4) is 0 Å². The number of pyridine rings is 3. The first-order chi connectivity index (χ1) is 18.9. The van der Waals surface area contributed by atoms with Crippen molar-refractivity contribution in [3.05, 3.63) is 51.7 Å². The summed E-state index contributed by atoms with van der Waals surface area (Å²) < 4.78 is 16.7. The zero-order chi connectivity index (χ0) is 27.1. The fraction of sp³-hybridized carbons (Fsp3) is 0.444. The Kier molecular flexibility index (Phi) is 6.98. The van der Waals surface area contributed by atoms with Crippen molar-refractivity contribution < 1.29 is 19.1 Å². The van der Waals surface area contributed by atoms with Crippen molar-refractivity contribution in [2.24, 2.45) is 5.92 Å². The Morgan fingerprint density at radius 3 is 2.69 bits per heavy atom. The van der Waals surface area contributed by atoms with Crippen molar-refractivity contribution in [2.75, 3.05) is 22.9 Å². The highest BCUT2D eigenvalue weighted by atomic mass is 32.2. The number of nitrogens with one attached hydrogen (secondary N) is 3. The summed E-state index contributed by atoms with van der Waals surface area (Å²) in [7, 11) is 0. The van der Waals surface area contributed by atoms with Crippen LogP contribution in [0.5, 0.6) is 0 Å². The Balaban J connectivity index is 1.06. The largest absolute Gasteiger partial charge is 0.477 e. The summed E-state index contributed by atoms with van der Waals surface area (Å²) in [5.41, 5.74) is 0.124. The molecule has 204 valence electrons. The van der Waals surface area contributed by atoms with Crippen LogP contribution in [-0.4, -0.2) is 49.9 Å². The third-order valence-corrected chi connectivity index (χ3v) is 8.63. The van der Waals surface area contributed by atoms with Gasteiger partial charge in [-0.3, -0.25) is 9.59 Å². The van der Waals surface area contributed by atoms with Crippen LogP contribution >= 0.6 is 11.8 Å². The Morgan fingerprint density at radius 1 is 1.15 bits per heavy atom. The molecule has 39 heavy (non-hydrogen) atoms. The van der Waals surface area contributed by atoms with Gasteiger partial charge in [-0.25, -0.2) is 19.2 Å². The van der Waals surface area contributed by atoms with E-state index in [-0.39, 0.29) is 34.8 Å². The summed E-state index contributed by atoms with van der Waals surface area (Å²) in [6, 6.07) is 5.23. The molecular weight excluding hydrogens is 523 g/mol. The van der Waals surface area contributed by atoms with E-state index < -0.39 is 17.2 Å². The number of carboxylic acids is 1. The molecule has 0 spiro atoms. The molecule has 10 nitrogen and oxygen atoms in total. The number of hydrogen-bond acceptors (Lipinski definition) is 8. The van der Waals surface area contributed by atoms with Gasteiger partial charge >= 0.3 is 5.97 Å². The molecule has 3 aromatic rings. The molecule has 3 aromatic heterocycles. The molecule has 0 unspecified atom stereocenters. The third-order valence-electron chi connectivity index (χ3n) is 7.59. The summed E-state index contributed by atoms with van der Waals surface area (Å²) in [6.45, 7) is 1.46. The highest BCUT2D eigenvalue weighted by molar-refractivity contribution is 8.00. The number of anilines is 2. The van der Waals surface area contributed by atoms with E-state index in [1.165, 1.54) is 18.0 Å². The monoisotopic (exact) mass is 552 g/mol. The van der Waals surface area contributed by atoms with E-state index in [1.54, 1.807) is 4.57 Å². The molecule has 12 heteroatoms. The van der Waals surface area contributed by atoms with Crippen LogP contribution in [0.2, 0.25) is 0 Å². The zero-order valence-corrected chi connectivity index (χ0v) is 22.0. The molecule has 1 aliphatic heterocycles. The van der Waals surface area contributed by atoms with Gasteiger partial charge in [-0.15, -0.1) is 11.8 Å². The average molecular weight is 553 g/mol. The predicted octanol–water partition coefficient (Wildman–Crippen LogP) is 3.77. The number of amides is 1. The maximum Gasteiger partial charge on any atom is 0.341 e. The van der Waals surface area contributed by atoms with Crippen LogP contribution < -0.4 is 21.4 Å². The molecule has 0 aromatic carbocycles. The van der Waals surface area contributed by atoms with Crippen molar-refractivity contribution in [1.82, 2.24) is 19.9 Å². The smallest absolute Gasteiger partial charge is 0.341 e. The number of carboxylic acid groups (broad SMARTS) is 1. The molecule has 3 aliphatic rings. The standard InChI is InChI=1S/C27H29FN6O4S/c28-20-9-18-23(36)19(27(37)38)12-34(17-6-7-17)26(18)33-24(20)30-15-3-1-14(2-4-15)10-29-11-16-5-8-21-25(31-16)32-22(35)13-39-21/h5,8-9,12,14-15,17,29H,1-4,6-7,10-11,13H2,(H,30,33)(H,37,38)(H,31,32,35). The molecule has 0 radical (unpaired) electrons. The van der Waals surface area contributed by atoms with Crippen LogP contribution in [0.3, 0.4) is 0 Å². The normalized spacial score (nSPS) is 20.9. The minimum Gasteiger partial charge on any atom is -0.477 e. The number of rotatable bonds is 8. The van der Waals surface area contributed by atoms with Gasteiger partial charge in [0, 0.05) is 24.8 Å². The number of aromatic nitrogens is 3. The first-order valence-corrected chi connectivity index (χ1v) is 14.2. The Bertz CT molecular complexity index is 1520. The van der Waals surface area contributed by atoms with Crippen molar-refractivity contribution in [1.29, 1.82) is 0 Å². The fourth-order valence-corrected chi connectivity index (χ4v) is 6.10. The van der Waals surface area contributed by atoms with Gasteiger partial charge in [0.05, 0.1) is 21.7 Å². The third kappa shape index (κ3) is 5.48. The van der Waals surface area contributed by atoms with E-state index in [0.717, 1.165) is 61.7 Å². The second kappa shape index (κ2) is 10.6. The lowest BCUT2D eigenvalue weighted by atomic mass is 9.86. The van der Waals surface area contributed by atoms with Crippen LogP contribution in [0, 0.1) is 11.7 Å². The SMILES string of the molecule is O=C1CSc2ccc(CNCC3CCC(Nc4nc5c(cc4F)c(=O)c(C(=O)O)cn5C4CC4)CC3)nc2N1. The number of carbonyl (C=O) groups is 2. The van der Waals surface area contributed by atoms with E-state index in [2.05, 4.69) is 25.9 Å². The molecule has 1 amide bonds. The summed E-state index contributed by atoms with van der Waals surface area (Å²) in [5.74, 6) is -0.365. The highest BCUT2D eigenvalue weighted by Crippen LogP contribution is 2.37. The fourth-order valence-electron chi connectivity index (χ4n) is 5.34. The molecule has 0 saturated heterocycles. The van der Waals surface area contributed by atoms with Crippen molar-refractivity contribution in [2.45, 2.75) is 62.0 Å². The first-order valence-electron chi connectivity index (χ1n) is 13.2. The second-order valence-electron chi connectivity index (χ2n) is 10.5. The van der Waals surface area contributed by atoms with E-state index in [9.17, 15) is 19.5 Å². The maximum absolute atomic E-state index is 15.0. The van der Waals surface area contributed by atoms with Gasteiger partial charge < -0.3 is 25.6 Å². The zero-order valence-electron chi connectivity index (χ0n) is 21.2. The Morgan fingerprint density at radius 2 is 1.95 bits per heavy atom. The molecule has 4 heterocycles. The van der Waals surface area contributed by atoms with Crippen molar-refractivity contribution in [3.63, 3.8) is 0 Å². The van der Waals surface area contributed by atoms with E-state index >= 15 is 4.39 Å². The van der Waals surface area contributed by atoms with Gasteiger partial charge in [0.1, 0.15) is 17.0 Å². The van der Waals surface area contributed by atoms with Crippen LogP contribution in [0.1, 0.15) is 60.6 Å². The van der Waals surface area contributed by atoms with Crippen LogP contribution in [0.25, 0.3) is 11.0 Å². The van der Waals surface area contributed by atoms with Gasteiger partial charge in [-0.05, 0) is 69.2 Å². The number of hydrogen-bond donors (Lipinski definition) is 4. The topological polar surface area (TPSA) is 138 Å². The molecule has 2 aliphatic carbocycles. The average Bonchev–Trinajstić information content (AvgIpc) is 3.76. The van der Waals surface area contributed by atoms with Crippen LogP contribution in [-0.2, 0) is 11.3 Å². The lowest BCUT2D eigenvalue weighted by Crippen LogP contribution is -2.32. The maximum atomic E-state index is 15.0. The van der Waals surface area contributed by atoms with Gasteiger partial charge in [0.25, 0.3) is 0 Å². The molecule has 2 saturated carbocycles. The summed E-state index contributed by atoms with van der Waals surface area (Å²) in [4.78, 5) is 45.8. The lowest BCUT2D eigenvalue weighted by molar-refractivity contribution is -0.113. The second-order valence-corrected chi connectivity index (χ2v) is 11.5. The first kappa shape index (κ1) is 25.8. The molecule has 0 atom stereocenters. The number of fused-ring (bicyclic) bond motifs is 2.